The van der Waals surface area contributed by atoms with Crippen LogP contribution in [0.1, 0.15) is 40.0 Å². The molecule has 1 heterocycles. The molecule has 15 heavy (non-hydrogen) atoms. The van der Waals surface area contributed by atoms with Crippen LogP contribution in [-0.2, 0) is 0 Å². The molecule has 1 aliphatic heterocycles. The summed E-state index contributed by atoms with van der Waals surface area (Å²) in [5.74, 6) is 1.31. The van der Waals surface area contributed by atoms with Crippen LogP contribution in [0, 0.1) is 5.41 Å². The molecule has 88 valence electrons. The first-order valence-electron chi connectivity index (χ1n) is 5.99. The van der Waals surface area contributed by atoms with Gasteiger partial charge in [-0.2, -0.15) is 11.8 Å². The predicted octanol–water partition coefficient (Wildman–Crippen LogP) is 2.02. The van der Waals surface area contributed by atoms with Crippen LogP contribution in [0.4, 0.5) is 0 Å². The van der Waals surface area contributed by atoms with E-state index in [-0.39, 0.29) is 11.5 Å². The monoisotopic (exact) mass is 229 g/mol. The van der Waals surface area contributed by atoms with E-state index in [1.165, 1.54) is 18.6 Å². The highest BCUT2D eigenvalue weighted by molar-refractivity contribution is 8.00. The summed E-state index contributed by atoms with van der Waals surface area (Å²) >= 11 is 2.10. The van der Waals surface area contributed by atoms with Crippen molar-refractivity contribution in [3.8, 4) is 0 Å². The van der Waals surface area contributed by atoms with Crippen molar-refractivity contribution in [1.29, 1.82) is 0 Å². The lowest BCUT2D eigenvalue weighted by atomic mass is 9.64. The Kier molecular flexibility index (Phi) is 3.08. The van der Waals surface area contributed by atoms with Crippen molar-refractivity contribution in [2.45, 2.75) is 56.9 Å². The number of rotatable bonds is 3. The maximum Gasteiger partial charge on any atom is 0.0621 e. The number of aliphatic hydroxyl groups is 1. The normalized spacial score (nSPS) is 44.0. The molecule has 0 aromatic carbocycles. The first-order chi connectivity index (χ1) is 6.94. The Hall–Kier alpha value is 0.270. The van der Waals surface area contributed by atoms with Gasteiger partial charge in [0.2, 0.25) is 0 Å². The molecule has 1 aliphatic carbocycles. The smallest absolute Gasteiger partial charge is 0.0621 e. The van der Waals surface area contributed by atoms with Crippen molar-refractivity contribution in [2.75, 3.05) is 12.3 Å². The molecule has 2 aliphatic rings. The number of nitrogens with one attached hydrogen (secondary N) is 1. The van der Waals surface area contributed by atoms with Crippen molar-refractivity contribution >= 4 is 11.8 Å². The Morgan fingerprint density at radius 1 is 1.40 bits per heavy atom. The van der Waals surface area contributed by atoms with E-state index in [2.05, 4.69) is 37.8 Å². The molecule has 2 rings (SSSR count). The Balaban J connectivity index is 1.79. The lowest BCUT2D eigenvalue weighted by Gasteiger charge is -2.50. The van der Waals surface area contributed by atoms with Crippen LogP contribution in [0.3, 0.4) is 0 Å². The molecule has 0 bridgehead atoms. The molecule has 0 amide bonds. The second kappa shape index (κ2) is 3.94. The van der Waals surface area contributed by atoms with Gasteiger partial charge < -0.3 is 10.4 Å². The zero-order chi connectivity index (χ0) is 11.1. The van der Waals surface area contributed by atoms with Crippen LogP contribution in [-0.4, -0.2) is 34.3 Å². The van der Waals surface area contributed by atoms with Gasteiger partial charge in [-0.15, -0.1) is 0 Å². The second-order valence-corrected chi connectivity index (χ2v) is 7.59. The van der Waals surface area contributed by atoms with E-state index in [0.29, 0.717) is 10.8 Å². The molecule has 3 unspecified atom stereocenters. The van der Waals surface area contributed by atoms with Gasteiger partial charge in [0, 0.05) is 22.7 Å². The largest absolute Gasteiger partial charge is 0.392 e. The molecule has 2 N–H and O–H groups in total. The molecule has 3 heteroatoms. The van der Waals surface area contributed by atoms with Crippen molar-refractivity contribution in [3.63, 3.8) is 0 Å². The number of hydrogen-bond donors (Lipinski definition) is 2. The average Bonchev–Trinajstić information content (AvgIpc) is 2.60. The summed E-state index contributed by atoms with van der Waals surface area (Å²) < 4.78 is 0.441. The maximum absolute atomic E-state index is 9.66. The molecule has 3 atom stereocenters. The quantitative estimate of drug-likeness (QED) is 0.776. The summed E-state index contributed by atoms with van der Waals surface area (Å²) in [6, 6.07) is 0.505. The third kappa shape index (κ3) is 2.20. The fraction of sp³-hybridized carbons (Fsp3) is 1.00. The van der Waals surface area contributed by atoms with Crippen LogP contribution in [0.5, 0.6) is 0 Å². The van der Waals surface area contributed by atoms with Gasteiger partial charge in [-0.05, 0) is 31.9 Å². The standard InChI is InChI=1S/C12H23NOS/c1-11(2)9(7-10(11)14)13-8-12(3)5-4-6-15-12/h9-10,13-14H,4-8H2,1-3H3. The fourth-order valence-electron chi connectivity index (χ4n) is 2.56. The highest BCUT2D eigenvalue weighted by Crippen LogP contribution is 2.42. The lowest BCUT2D eigenvalue weighted by Crippen LogP contribution is -2.61. The number of thioether (sulfide) groups is 1. The van der Waals surface area contributed by atoms with E-state index in [1.54, 1.807) is 0 Å². The van der Waals surface area contributed by atoms with Gasteiger partial charge in [0.15, 0.2) is 0 Å². The highest BCUT2D eigenvalue weighted by atomic mass is 32.2. The van der Waals surface area contributed by atoms with Gasteiger partial charge >= 0.3 is 0 Å². The first-order valence-corrected chi connectivity index (χ1v) is 6.98. The second-order valence-electron chi connectivity index (χ2n) is 5.91. The SMILES string of the molecule is CC1(CNC2CC(O)C2(C)C)CCCS1. The van der Waals surface area contributed by atoms with Crippen molar-refractivity contribution in [3.05, 3.63) is 0 Å². The topological polar surface area (TPSA) is 32.3 Å². The van der Waals surface area contributed by atoms with Crippen LogP contribution in [0.15, 0.2) is 0 Å². The lowest BCUT2D eigenvalue weighted by molar-refractivity contribution is -0.0727. The number of hydrogen-bond acceptors (Lipinski definition) is 3. The Bertz CT molecular complexity index is 236. The molecule has 1 saturated carbocycles. The molecule has 2 nitrogen and oxygen atoms in total. The Labute approximate surface area is 97.2 Å². The highest BCUT2D eigenvalue weighted by Gasteiger charge is 2.47. The van der Waals surface area contributed by atoms with Crippen LogP contribution < -0.4 is 5.32 Å². The maximum atomic E-state index is 9.66. The fourth-order valence-corrected chi connectivity index (χ4v) is 3.82. The zero-order valence-corrected chi connectivity index (χ0v) is 10.9. The van der Waals surface area contributed by atoms with E-state index in [0.717, 1.165) is 13.0 Å². The summed E-state index contributed by atoms with van der Waals surface area (Å²) in [4.78, 5) is 0. The third-order valence-electron chi connectivity index (χ3n) is 4.24. The molecule has 0 aromatic rings. The molecule has 0 spiro atoms. The van der Waals surface area contributed by atoms with E-state index in [9.17, 15) is 5.11 Å². The minimum absolute atomic E-state index is 0.0691. The summed E-state index contributed by atoms with van der Waals surface area (Å²) in [5, 5.41) is 13.3. The molecule has 1 saturated heterocycles. The van der Waals surface area contributed by atoms with Crippen LogP contribution in [0.2, 0.25) is 0 Å². The minimum atomic E-state index is -0.112. The molecular formula is C12H23NOS. The summed E-state index contributed by atoms with van der Waals surface area (Å²) in [7, 11) is 0. The van der Waals surface area contributed by atoms with Crippen molar-refractivity contribution < 1.29 is 5.11 Å². The van der Waals surface area contributed by atoms with Gasteiger partial charge in [0.1, 0.15) is 0 Å². The van der Waals surface area contributed by atoms with Crippen LogP contribution in [0.25, 0.3) is 0 Å². The van der Waals surface area contributed by atoms with E-state index < -0.39 is 0 Å². The Morgan fingerprint density at radius 2 is 2.13 bits per heavy atom. The van der Waals surface area contributed by atoms with Gasteiger partial charge in [-0.3, -0.25) is 0 Å². The van der Waals surface area contributed by atoms with Gasteiger partial charge in [0.05, 0.1) is 6.10 Å². The van der Waals surface area contributed by atoms with Crippen molar-refractivity contribution in [2.24, 2.45) is 5.41 Å². The summed E-state index contributed by atoms with van der Waals surface area (Å²) in [5.41, 5.74) is 0.0691. The van der Waals surface area contributed by atoms with Gasteiger partial charge in [0.25, 0.3) is 0 Å². The summed E-state index contributed by atoms with van der Waals surface area (Å²) in [6.07, 6.45) is 3.51. The van der Waals surface area contributed by atoms with E-state index in [1.807, 2.05) is 0 Å². The van der Waals surface area contributed by atoms with E-state index in [4.69, 9.17) is 0 Å². The van der Waals surface area contributed by atoms with E-state index >= 15 is 0 Å². The van der Waals surface area contributed by atoms with Gasteiger partial charge in [-0.25, -0.2) is 0 Å². The number of aliphatic hydroxyl groups excluding tert-OH is 1. The predicted molar refractivity (Wildman–Crippen MR) is 66.3 cm³/mol. The molecule has 2 fully saturated rings. The van der Waals surface area contributed by atoms with Crippen LogP contribution >= 0.6 is 11.8 Å². The summed E-state index contributed by atoms with van der Waals surface area (Å²) in [6.45, 7) is 7.77. The molecular weight excluding hydrogens is 206 g/mol. The minimum Gasteiger partial charge on any atom is -0.392 e. The first kappa shape index (κ1) is 11.7. The zero-order valence-electron chi connectivity index (χ0n) is 10.0. The Morgan fingerprint density at radius 3 is 2.60 bits per heavy atom. The van der Waals surface area contributed by atoms with Gasteiger partial charge in [-0.1, -0.05) is 13.8 Å². The third-order valence-corrected chi connectivity index (χ3v) is 5.78. The molecule has 0 aromatic heterocycles. The van der Waals surface area contributed by atoms with Crippen molar-refractivity contribution in [1.82, 2.24) is 5.32 Å². The average molecular weight is 229 g/mol. The molecule has 0 radical (unpaired) electrons.